The molecule has 1 aromatic carbocycles. The molecule has 130 valence electrons. The minimum absolute atomic E-state index is 0.0612. The maximum absolute atomic E-state index is 12.4. The Morgan fingerprint density at radius 1 is 1.17 bits per heavy atom. The van der Waals surface area contributed by atoms with Crippen LogP contribution in [-0.2, 0) is 9.59 Å². The van der Waals surface area contributed by atoms with Crippen LogP contribution in [0.5, 0.6) is 0 Å². The van der Waals surface area contributed by atoms with Gasteiger partial charge in [0, 0.05) is 29.9 Å². The van der Waals surface area contributed by atoms with Crippen molar-refractivity contribution in [3.05, 3.63) is 24.3 Å². The molecule has 24 heavy (non-hydrogen) atoms. The molecule has 3 N–H and O–H groups in total. The van der Waals surface area contributed by atoms with Gasteiger partial charge in [-0.3, -0.25) is 14.5 Å². The molecular weight excluding hydrogens is 306 g/mol. The Morgan fingerprint density at radius 3 is 2.17 bits per heavy atom. The van der Waals surface area contributed by atoms with Gasteiger partial charge < -0.3 is 15.7 Å². The van der Waals surface area contributed by atoms with Gasteiger partial charge in [0.1, 0.15) is 0 Å². The van der Waals surface area contributed by atoms with Crippen LogP contribution < -0.4 is 10.6 Å². The van der Waals surface area contributed by atoms with E-state index in [-0.39, 0.29) is 24.0 Å². The first-order valence-corrected chi connectivity index (χ1v) is 8.57. The summed E-state index contributed by atoms with van der Waals surface area (Å²) < 4.78 is 0. The van der Waals surface area contributed by atoms with E-state index in [4.69, 9.17) is 0 Å². The van der Waals surface area contributed by atoms with Gasteiger partial charge in [-0.1, -0.05) is 0 Å². The molecule has 2 fully saturated rings. The van der Waals surface area contributed by atoms with Crippen LogP contribution in [0.15, 0.2) is 24.3 Å². The summed E-state index contributed by atoms with van der Waals surface area (Å²) in [5.74, 6) is -0.185. The zero-order valence-electron chi connectivity index (χ0n) is 14.0. The number of rotatable bonds is 7. The fourth-order valence-electron chi connectivity index (χ4n) is 3.39. The zero-order valence-corrected chi connectivity index (χ0v) is 14.0. The van der Waals surface area contributed by atoms with Crippen molar-refractivity contribution in [1.29, 1.82) is 0 Å². The summed E-state index contributed by atoms with van der Waals surface area (Å²) in [6, 6.07) is 7.50. The van der Waals surface area contributed by atoms with Gasteiger partial charge in [0.2, 0.25) is 11.8 Å². The average Bonchev–Trinajstić information content (AvgIpc) is 3.32. The van der Waals surface area contributed by atoms with E-state index in [1.165, 1.54) is 6.92 Å². The van der Waals surface area contributed by atoms with E-state index < -0.39 is 0 Å². The highest BCUT2D eigenvalue weighted by Crippen LogP contribution is 2.43. The van der Waals surface area contributed by atoms with Crippen LogP contribution in [0.1, 0.15) is 39.0 Å². The Morgan fingerprint density at radius 2 is 1.75 bits per heavy atom. The van der Waals surface area contributed by atoms with Gasteiger partial charge in [-0.2, -0.15) is 0 Å². The van der Waals surface area contributed by atoms with Crippen molar-refractivity contribution in [3.8, 4) is 0 Å². The van der Waals surface area contributed by atoms with E-state index in [0.717, 1.165) is 32.1 Å². The maximum Gasteiger partial charge on any atom is 0.238 e. The van der Waals surface area contributed by atoms with Crippen LogP contribution in [0, 0.1) is 0 Å². The molecule has 0 aliphatic heterocycles. The smallest absolute Gasteiger partial charge is 0.238 e. The predicted octanol–water partition coefficient (Wildman–Crippen LogP) is 1.96. The molecule has 3 rings (SSSR count). The zero-order chi connectivity index (χ0) is 17.2. The van der Waals surface area contributed by atoms with Crippen molar-refractivity contribution in [2.24, 2.45) is 0 Å². The van der Waals surface area contributed by atoms with Gasteiger partial charge in [0.25, 0.3) is 0 Å². The lowest BCUT2D eigenvalue weighted by Crippen LogP contribution is -2.59. The number of hydrogen-bond donors (Lipinski definition) is 3. The third-order valence-electron chi connectivity index (χ3n) is 4.98. The first-order valence-electron chi connectivity index (χ1n) is 8.57. The number of nitrogens with zero attached hydrogens (tertiary/aromatic N) is 1. The number of aliphatic hydroxyl groups is 1. The fourth-order valence-corrected chi connectivity index (χ4v) is 3.39. The van der Waals surface area contributed by atoms with Gasteiger partial charge in [0.15, 0.2) is 0 Å². The molecule has 2 aliphatic carbocycles. The van der Waals surface area contributed by atoms with Crippen LogP contribution in [0.3, 0.4) is 0 Å². The molecule has 2 amide bonds. The van der Waals surface area contributed by atoms with Gasteiger partial charge in [-0.25, -0.2) is 0 Å². The minimum Gasteiger partial charge on any atom is -0.394 e. The van der Waals surface area contributed by atoms with Crippen LogP contribution in [0.4, 0.5) is 11.4 Å². The highest BCUT2D eigenvalue weighted by atomic mass is 16.3. The van der Waals surface area contributed by atoms with Crippen LogP contribution in [0.25, 0.3) is 0 Å². The Bertz CT molecular complexity index is 601. The third-order valence-corrected chi connectivity index (χ3v) is 4.98. The molecule has 2 aliphatic rings. The first kappa shape index (κ1) is 16.9. The molecule has 0 unspecified atom stereocenters. The second-order valence-corrected chi connectivity index (χ2v) is 6.90. The molecule has 2 saturated carbocycles. The van der Waals surface area contributed by atoms with E-state index in [1.54, 1.807) is 24.3 Å². The first-order chi connectivity index (χ1) is 11.5. The number of anilines is 2. The van der Waals surface area contributed by atoms with Crippen LogP contribution in [0.2, 0.25) is 0 Å². The second-order valence-electron chi connectivity index (χ2n) is 6.90. The SMILES string of the molecule is CC(=O)Nc1ccc(NC(=O)CN(C2CC2)C2(CO)CCC2)cc1. The highest BCUT2D eigenvalue weighted by molar-refractivity contribution is 5.93. The molecule has 0 saturated heterocycles. The van der Waals surface area contributed by atoms with E-state index >= 15 is 0 Å². The van der Waals surface area contributed by atoms with Crippen molar-refractivity contribution in [2.45, 2.75) is 50.6 Å². The molecule has 1 aromatic rings. The number of nitrogens with one attached hydrogen (secondary N) is 2. The number of amides is 2. The number of benzene rings is 1. The van der Waals surface area contributed by atoms with Gasteiger partial charge in [-0.05, 0) is 56.4 Å². The Balaban J connectivity index is 1.59. The summed E-state index contributed by atoms with van der Waals surface area (Å²) in [6.07, 6.45) is 5.29. The lowest BCUT2D eigenvalue weighted by atomic mass is 9.75. The van der Waals surface area contributed by atoms with Gasteiger partial charge in [0.05, 0.1) is 13.2 Å². The molecular formula is C18H25N3O3. The van der Waals surface area contributed by atoms with Gasteiger partial charge >= 0.3 is 0 Å². The normalized spacial score (nSPS) is 18.8. The van der Waals surface area contributed by atoms with Gasteiger partial charge in [-0.15, -0.1) is 0 Å². The quantitative estimate of drug-likeness (QED) is 0.713. The Kier molecular flexibility index (Phi) is 4.87. The third kappa shape index (κ3) is 3.76. The lowest BCUT2D eigenvalue weighted by molar-refractivity contribution is -0.122. The minimum atomic E-state index is -0.187. The summed E-state index contributed by atoms with van der Waals surface area (Å²) in [6.45, 7) is 1.90. The van der Waals surface area contributed by atoms with E-state index in [1.807, 2.05) is 0 Å². The van der Waals surface area contributed by atoms with Crippen molar-refractivity contribution in [2.75, 3.05) is 23.8 Å². The summed E-state index contributed by atoms with van der Waals surface area (Å²) in [5.41, 5.74) is 1.22. The summed E-state index contributed by atoms with van der Waals surface area (Å²) >= 11 is 0. The number of carbonyl (C=O) groups excluding carboxylic acids is 2. The lowest BCUT2D eigenvalue weighted by Gasteiger charge is -2.49. The average molecular weight is 331 g/mol. The van der Waals surface area contributed by atoms with Crippen LogP contribution in [-0.4, -0.2) is 46.6 Å². The molecule has 6 nitrogen and oxygen atoms in total. The fraction of sp³-hybridized carbons (Fsp3) is 0.556. The molecule has 0 spiro atoms. The maximum atomic E-state index is 12.4. The van der Waals surface area contributed by atoms with E-state index in [0.29, 0.717) is 24.0 Å². The summed E-state index contributed by atoms with van der Waals surface area (Å²) in [5, 5.41) is 15.4. The predicted molar refractivity (Wildman–Crippen MR) is 92.8 cm³/mol. The monoisotopic (exact) mass is 331 g/mol. The molecule has 0 aromatic heterocycles. The van der Waals surface area contributed by atoms with Crippen molar-refractivity contribution in [1.82, 2.24) is 4.90 Å². The molecule has 0 heterocycles. The second kappa shape index (κ2) is 6.91. The van der Waals surface area contributed by atoms with E-state index in [9.17, 15) is 14.7 Å². The molecule has 6 heteroatoms. The summed E-state index contributed by atoms with van der Waals surface area (Å²) in [4.78, 5) is 25.6. The number of aliphatic hydroxyl groups excluding tert-OH is 1. The topological polar surface area (TPSA) is 81.7 Å². The van der Waals surface area contributed by atoms with Crippen LogP contribution >= 0.6 is 0 Å². The highest BCUT2D eigenvalue weighted by Gasteiger charge is 2.48. The Labute approximate surface area is 142 Å². The molecule has 0 atom stereocenters. The Hall–Kier alpha value is -1.92. The summed E-state index contributed by atoms with van der Waals surface area (Å²) in [7, 11) is 0. The molecule has 0 radical (unpaired) electrons. The largest absolute Gasteiger partial charge is 0.394 e. The van der Waals surface area contributed by atoms with E-state index in [2.05, 4.69) is 15.5 Å². The number of carbonyl (C=O) groups is 2. The van der Waals surface area contributed by atoms with Crippen molar-refractivity contribution >= 4 is 23.2 Å². The number of hydrogen-bond acceptors (Lipinski definition) is 4. The molecule has 0 bridgehead atoms. The standard InChI is InChI=1S/C18H25N3O3/c1-13(23)19-14-3-5-15(6-4-14)20-17(24)11-21(16-7-8-16)18(12-22)9-2-10-18/h3-6,16,22H,2,7-12H2,1H3,(H,19,23)(H,20,24). The van der Waals surface area contributed by atoms with Crippen molar-refractivity contribution < 1.29 is 14.7 Å². The van der Waals surface area contributed by atoms with Crippen molar-refractivity contribution in [3.63, 3.8) is 0 Å².